The molecule has 6 heteroatoms. The topological polar surface area (TPSA) is 50.4 Å². The van der Waals surface area contributed by atoms with Gasteiger partial charge < -0.3 is 15.4 Å². The highest BCUT2D eigenvalue weighted by molar-refractivity contribution is 6.36. The predicted molar refractivity (Wildman–Crippen MR) is 81.6 cm³/mol. The minimum atomic E-state index is -0.281. The third kappa shape index (κ3) is 5.57. The van der Waals surface area contributed by atoms with Gasteiger partial charge in [0, 0.05) is 24.8 Å². The summed E-state index contributed by atoms with van der Waals surface area (Å²) < 4.78 is 5.48. The number of halogens is 2. The van der Waals surface area contributed by atoms with Crippen LogP contribution in [0.3, 0.4) is 0 Å². The SMILES string of the molecule is O=C(NCCCOCC1CC1)Nc1ccc(Cl)cc1Cl. The molecule has 0 aromatic heterocycles. The first-order valence-electron chi connectivity index (χ1n) is 6.73. The summed E-state index contributed by atoms with van der Waals surface area (Å²) in [5.74, 6) is 0.776. The van der Waals surface area contributed by atoms with Gasteiger partial charge in [0.05, 0.1) is 10.7 Å². The number of ether oxygens (including phenoxy) is 1. The van der Waals surface area contributed by atoms with Crippen LogP contribution in [0.5, 0.6) is 0 Å². The lowest BCUT2D eigenvalue weighted by molar-refractivity contribution is 0.122. The van der Waals surface area contributed by atoms with Crippen molar-refractivity contribution in [1.29, 1.82) is 0 Å². The van der Waals surface area contributed by atoms with E-state index in [0.29, 0.717) is 28.9 Å². The zero-order valence-electron chi connectivity index (χ0n) is 11.1. The molecule has 1 aromatic carbocycles. The number of urea groups is 1. The van der Waals surface area contributed by atoms with Gasteiger partial charge >= 0.3 is 6.03 Å². The minimum absolute atomic E-state index is 0.281. The Morgan fingerprint density at radius 1 is 1.35 bits per heavy atom. The van der Waals surface area contributed by atoms with Crippen molar-refractivity contribution in [2.24, 2.45) is 5.92 Å². The average Bonchev–Trinajstić information content (AvgIpc) is 3.21. The van der Waals surface area contributed by atoms with Gasteiger partial charge in [0.25, 0.3) is 0 Å². The molecule has 0 aliphatic heterocycles. The maximum Gasteiger partial charge on any atom is 0.319 e. The summed E-state index contributed by atoms with van der Waals surface area (Å²) in [4.78, 5) is 11.6. The highest BCUT2D eigenvalue weighted by Gasteiger charge is 2.20. The molecule has 2 amide bonds. The number of rotatable bonds is 7. The van der Waals surface area contributed by atoms with Crippen LogP contribution in [0.2, 0.25) is 10.0 Å². The molecular formula is C14H18Cl2N2O2. The van der Waals surface area contributed by atoms with Crippen LogP contribution in [0, 0.1) is 5.92 Å². The normalized spacial score (nSPS) is 14.1. The van der Waals surface area contributed by atoms with Crippen molar-refractivity contribution in [1.82, 2.24) is 5.32 Å². The fourth-order valence-electron chi connectivity index (χ4n) is 1.67. The molecule has 1 aliphatic carbocycles. The Bertz CT molecular complexity index is 464. The van der Waals surface area contributed by atoms with Crippen molar-refractivity contribution >= 4 is 34.9 Å². The Morgan fingerprint density at radius 2 is 2.15 bits per heavy atom. The summed E-state index contributed by atoms with van der Waals surface area (Å²) in [7, 11) is 0. The predicted octanol–water partition coefficient (Wildman–Crippen LogP) is 3.93. The van der Waals surface area contributed by atoms with Gasteiger partial charge in [0.1, 0.15) is 0 Å². The molecular weight excluding hydrogens is 299 g/mol. The zero-order chi connectivity index (χ0) is 14.4. The highest BCUT2D eigenvalue weighted by atomic mass is 35.5. The van der Waals surface area contributed by atoms with Crippen LogP contribution in [-0.2, 0) is 4.74 Å². The van der Waals surface area contributed by atoms with Crippen molar-refractivity contribution in [2.45, 2.75) is 19.3 Å². The van der Waals surface area contributed by atoms with Gasteiger partial charge in [-0.25, -0.2) is 4.79 Å². The second-order valence-electron chi connectivity index (χ2n) is 4.88. The molecule has 0 heterocycles. The molecule has 0 radical (unpaired) electrons. The van der Waals surface area contributed by atoms with E-state index in [-0.39, 0.29) is 6.03 Å². The lowest BCUT2D eigenvalue weighted by Crippen LogP contribution is -2.30. The number of benzene rings is 1. The van der Waals surface area contributed by atoms with E-state index in [1.54, 1.807) is 18.2 Å². The molecule has 20 heavy (non-hydrogen) atoms. The third-order valence-corrected chi connectivity index (χ3v) is 3.53. The van der Waals surface area contributed by atoms with Crippen molar-refractivity contribution in [2.75, 3.05) is 25.1 Å². The summed E-state index contributed by atoms with van der Waals surface area (Å²) in [5, 5.41) is 6.38. The molecule has 1 aliphatic rings. The van der Waals surface area contributed by atoms with Gasteiger partial charge in [-0.1, -0.05) is 23.2 Å². The lowest BCUT2D eigenvalue weighted by atomic mass is 10.3. The first-order valence-corrected chi connectivity index (χ1v) is 7.48. The molecule has 0 spiro atoms. The van der Waals surface area contributed by atoms with E-state index < -0.39 is 0 Å². The Balaban J connectivity index is 1.59. The maximum atomic E-state index is 11.6. The maximum absolute atomic E-state index is 11.6. The average molecular weight is 317 g/mol. The van der Waals surface area contributed by atoms with Crippen molar-refractivity contribution < 1.29 is 9.53 Å². The fourth-order valence-corrected chi connectivity index (χ4v) is 2.12. The van der Waals surface area contributed by atoms with Gasteiger partial charge in [-0.15, -0.1) is 0 Å². The van der Waals surface area contributed by atoms with Crippen LogP contribution in [-0.4, -0.2) is 25.8 Å². The molecule has 1 fully saturated rings. The number of carbonyl (C=O) groups excluding carboxylic acids is 1. The van der Waals surface area contributed by atoms with Crippen molar-refractivity contribution in [3.63, 3.8) is 0 Å². The van der Waals surface area contributed by atoms with Gasteiger partial charge in [-0.05, 0) is 43.4 Å². The molecule has 2 N–H and O–H groups in total. The van der Waals surface area contributed by atoms with Crippen LogP contribution in [0.4, 0.5) is 10.5 Å². The van der Waals surface area contributed by atoms with E-state index >= 15 is 0 Å². The van der Waals surface area contributed by atoms with E-state index in [1.807, 2.05) is 0 Å². The van der Waals surface area contributed by atoms with E-state index in [1.165, 1.54) is 12.8 Å². The van der Waals surface area contributed by atoms with Gasteiger partial charge in [0.15, 0.2) is 0 Å². The van der Waals surface area contributed by atoms with Crippen molar-refractivity contribution in [3.05, 3.63) is 28.2 Å². The smallest absolute Gasteiger partial charge is 0.319 e. The monoisotopic (exact) mass is 316 g/mol. The number of hydrogen-bond acceptors (Lipinski definition) is 2. The highest BCUT2D eigenvalue weighted by Crippen LogP contribution is 2.28. The van der Waals surface area contributed by atoms with E-state index in [0.717, 1.165) is 18.9 Å². The third-order valence-electron chi connectivity index (χ3n) is 2.98. The van der Waals surface area contributed by atoms with Crippen LogP contribution in [0.1, 0.15) is 19.3 Å². The molecule has 1 saturated carbocycles. The number of anilines is 1. The summed E-state index contributed by atoms with van der Waals surface area (Å²) in [6, 6.07) is 4.65. The van der Waals surface area contributed by atoms with Crippen LogP contribution in [0.15, 0.2) is 18.2 Å². The first kappa shape index (κ1) is 15.4. The summed E-state index contributed by atoms with van der Waals surface area (Å²) >= 11 is 11.8. The Kier molecular flexibility index (Phi) is 5.95. The molecule has 110 valence electrons. The number of nitrogens with one attached hydrogen (secondary N) is 2. The largest absolute Gasteiger partial charge is 0.381 e. The summed E-state index contributed by atoms with van der Waals surface area (Å²) in [5.41, 5.74) is 0.540. The van der Waals surface area contributed by atoms with E-state index in [4.69, 9.17) is 27.9 Å². The molecule has 0 saturated heterocycles. The second kappa shape index (κ2) is 7.72. The quantitative estimate of drug-likeness (QED) is 0.749. The van der Waals surface area contributed by atoms with Gasteiger partial charge in [0.2, 0.25) is 0 Å². The molecule has 0 unspecified atom stereocenters. The fraction of sp³-hybridized carbons (Fsp3) is 0.500. The molecule has 1 aromatic rings. The number of hydrogen-bond donors (Lipinski definition) is 2. The Morgan fingerprint density at radius 3 is 2.85 bits per heavy atom. The van der Waals surface area contributed by atoms with Gasteiger partial charge in [-0.3, -0.25) is 0 Å². The zero-order valence-corrected chi connectivity index (χ0v) is 12.6. The van der Waals surface area contributed by atoms with Crippen LogP contribution >= 0.6 is 23.2 Å². The van der Waals surface area contributed by atoms with E-state index in [2.05, 4.69) is 10.6 Å². The second-order valence-corrected chi connectivity index (χ2v) is 5.72. The molecule has 0 bridgehead atoms. The number of amides is 2. The van der Waals surface area contributed by atoms with Crippen LogP contribution in [0.25, 0.3) is 0 Å². The van der Waals surface area contributed by atoms with Gasteiger partial charge in [-0.2, -0.15) is 0 Å². The molecule has 0 atom stereocenters. The van der Waals surface area contributed by atoms with Crippen molar-refractivity contribution in [3.8, 4) is 0 Å². The Hall–Kier alpha value is -0.970. The van der Waals surface area contributed by atoms with Crippen LogP contribution < -0.4 is 10.6 Å². The molecule has 4 nitrogen and oxygen atoms in total. The lowest BCUT2D eigenvalue weighted by Gasteiger charge is -2.09. The standard InChI is InChI=1S/C14H18Cl2N2O2/c15-11-4-5-13(12(16)8-11)18-14(19)17-6-1-7-20-9-10-2-3-10/h4-5,8,10H,1-3,6-7,9H2,(H2,17,18,19). The molecule has 2 rings (SSSR count). The summed E-state index contributed by atoms with van der Waals surface area (Å²) in [6.45, 7) is 2.10. The first-order chi connectivity index (χ1) is 9.65. The number of carbonyl (C=O) groups is 1. The van der Waals surface area contributed by atoms with E-state index in [9.17, 15) is 4.79 Å². The Labute approximate surface area is 128 Å². The summed E-state index contributed by atoms with van der Waals surface area (Å²) in [6.07, 6.45) is 3.39. The minimum Gasteiger partial charge on any atom is -0.381 e.